The SMILES string of the molecule is N=C(N)C1OCCc2c(CO)cccc21. The van der Waals surface area contributed by atoms with Gasteiger partial charge in [-0.2, -0.15) is 0 Å². The molecule has 80 valence electrons. The predicted molar refractivity (Wildman–Crippen MR) is 56.7 cm³/mol. The Morgan fingerprint density at radius 3 is 3.07 bits per heavy atom. The molecule has 1 aliphatic heterocycles. The predicted octanol–water partition coefficient (Wildman–Crippen LogP) is 0.729. The highest BCUT2D eigenvalue weighted by Gasteiger charge is 2.24. The Balaban J connectivity index is 2.48. The van der Waals surface area contributed by atoms with Crippen molar-refractivity contribution in [3.8, 4) is 0 Å². The molecule has 1 heterocycles. The van der Waals surface area contributed by atoms with Crippen molar-refractivity contribution in [2.75, 3.05) is 6.61 Å². The lowest BCUT2D eigenvalue weighted by Gasteiger charge is -2.26. The Hall–Kier alpha value is -1.39. The van der Waals surface area contributed by atoms with Crippen molar-refractivity contribution in [3.05, 3.63) is 34.9 Å². The molecule has 0 fully saturated rings. The van der Waals surface area contributed by atoms with Gasteiger partial charge in [0.15, 0.2) is 0 Å². The van der Waals surface area contributed by atoms with Gasteiger partial charge in [0, 0.05) is 0 Å². The molecular weight excluding hydrogens is 192 g/mol. The molecule has 0 aromatic heterocycles. The first-order chi connectivity index (χ1) is 7.24. The lowest BCUT2D eigenvalue weighted by atomic mass is 9.93. The summed E-state index contributed by atoms with van der Waals surface area (Å²) in [7, 11) is 0. The molecule has 4 heteroatoms. The highest BCUT2D eigenvalue weighted by Crippen LogP contribution is 2.29. The van der Waals surface area contributed by atoms with Crippen LogP contribution in [0.15, 0.2) is 18.2 Å². The van der Waals surface area contributed by atoms with E-state index in [4.69, 9.17) is 15.9 Å². The molecule has 4 nitrogen and oxygen atoms in total. The van der Waals surface area contributed by atoms with Crippen LogP contribution in [0.25, 0.3) is 0 Å². The van der Waals surface area contributed by atoms with Crippen molar-refractivity contribution in [3.63, 3.8) is 0 Å². The van der Waals surface area contributed by atoms with Crippen LogP contribution in [0.3, 0.4) is 0 Å². The first-order valence-electron chi connectivity index (χ1n) is 4.91. The van der Waals surface area contributed by atoms with E-state index in [-0.39, 0.29) is 12.4 Å². The quantitative estimate of drug-likeness (QED) is 0.493. The van der Waals surface area contributed by atoms with E-state index >= 15 is 0 Å². The van der Waals surface area contributed by atoms with Gasteiger partial charge in [0.25, 0.3) is 0 Å². The number of hydrogen-bond donors (Lipinski definition) is 3. The van der Waals surface area contributed by atoms with E-state index < -0.39 is 6.10 Å². The van der Waals surface area contributed by atoms with Gasteiger partial charge in [-0.05, 0) is 23.1 Å². The molecule has 1 aliphatic rings. The Bertz CT molecular complexity index is 390. The molecule has 1 aromatic rings. The second-order valence-corrected chi connectivity index (χ2v) is 3.60. The molecule has 0 saturated carbocycles. The molecule has 0 spiro atoms. The fraction of sp³-hybridized carbons (Fsp3) is 0.364. The van der Waals surface area contributed by atoms with Gasteiger partial charge in [-0.15, -0.1) is 0 Å². The molecule has 15 heavy (non-hydrogen) atoms. The van der Waals surface area contributed by atoms with Crippen LogP contribution >= 0.6 is 0 Å². The maximum absolute atomic E-state index is 9.19. The highest BCUT2D eigenvalue weighted by atomic mass is 16.5. The van der Waals surface area contributed by atoms with Gasteiger partial charge >= 0.3 is 0 Å². The van der Waals surface area contributed by atoms with Crippen molar-refractivity contribution in [1.82, 2.24) is 0 Å². The van der Waals surface area contributed by atoms with E-state index in [0.29, 0.717) is 6.61 Å². The largest absolute Gasteiger partial charge is 0.392 e. The average molecular weight is 206 g/mol. The van der Waals surface area contributed by atoms with Crippen LogP contribution in [0.4, 0.5) is 0 Å². The molecule has 0 saturated heterocycles. The third kappa shape index (κ3) is 1.73. The summed E-state index contributed by atoms with van der Waals surface area (Å²) in [5, 5.41) is 16.6. The number of aliphatic hydroxyl groups excluding tert-OH is 1. The highest BCUT2D eigenvalue weighted by molar-refractivity contribution is 5.83. The van der Waals surface area contributed by atoms with E-state index in [0.717, 1.165) is 23.1 Å². The van der Waals surface area contributed by atoms with Crippen LogP contribution in [0.5, 0.6) is 0 Å². The lowest BCUT2D eigenvalue weighted by Crippen LogP contribution is -2.28. The normalized spacial score (nSPS) is 19.7. The summed E-state index contributed by atoms with van der Waals surface area (Å²) in [6, 6.07) is 5.65. The number of rotatable bonds is 2. The zero-order valence-electron chi connectivity index (χ0n) is 8.36. The van der Waals surface area contributed by atoms with Crippen LogP contribution in [0.1, 0.15) is 22.8 Å². The van der Waals surface area contributed by atoms with Crippen molar-refractivity contribution in [1.29, 1.82) is 5.41 Å². The van der Waals surface area contributed by atoms with Crippen LogP contribution in [-0.2, 0) is 17.8 Å². The maximum atomic E-state index is 9.19. The minimum Gasteiger partial charge on any atom is -0.392 e. The summed E-state index contributed by atoms with van der Waals surface area (Å²) >= 11 is 0. The third-order valence-corrected chi connectivity index (χ3v) is 2.68. The van der Waals surface area contributed by atoms with Crippen molar-refractivity contribution in [2.24, 2.45) is 5.73 Å². The monoisotopic (exact) mass is 206 g/mol. The summed E-state index contributed by atoms with van der Waals surface area (Å²) in [6.45, 7) is 0.571. The van der Waals surface area contributed by atoms with E-state index in [1.807, 2.05) is 18.2 Å². The van der Waals surface area contributed by atoms with Gasteiger partial charge in [0.1, 0.15) is 11.9 Å². The Morgan fingerprint density at radius 1 is 1.60 bits per heavy atom. The molecule has 0 radical (unpaired) electrons. The zero-order chi connectivity index (χ0) is 10.8. The van der Waals surface area contributed by atoms with E-state index in [9.17, 15) is 5.11 Å². The van der Waals surface area contributed by atoms with Gasteiger partial charge in [-0.1, -0.05) is 18.2 Å². The van der Waals surface area contributed by atoms with Crippen molar-refractivity contribution >= 4 is 5.84 Å². The van der Waals surface area contributed by atoms with E-state index in [2.05, 4.69) is 0 Å². The van der Waals surface area contributed by atoms with Crippen molar-refractivity contribution < 1.29 is 9.84 Å². The van der Waals surface area contributed by atoms with Gasteiger partial charge in [-0.3, -0.25) is 5.41 Å². The summed E-state index contributed by atoms with van der Waals surface area (Å²) in [6.07, 6.45) is 0.329. The van der Waals surface area contributed by atoms with Crippen LogP contribution in [0.2, 0.25) is 0 Å². The van der Waals surface area contributed by atoms with Gasteiger partial charge in [0.2, 0.25) is 0 Å². The summed E-state index contributed by atoms with van der Waals surface area (Å²) in [5.41, 5.74) is 8.37. The second-order valence-electron chi connectivity index (χ2n) is 3.60. The van der Waals surface area contributed by atoms with Gasteiger partial charge in [-0.25, -0.2) is 0 Å². The summed E-state index contributed by atoms with van der Waals surface area (Å²) < 4.78 is 5.43. The first kappa shape index (κ1) is 10.1. The molecule has 0 aliphatic carbocycles. The number of hydrogen-bond acceptors (Lipinski definition) is 3. The topological polar surface area (TPSA) is 79.3 Å². The van der Waals surface area contributed by atoms with Crippen LogP contribution in [0, 0.1) is 5.41 Å². The molecule has 1 unspecified atom stereocenters. The lowest BCUT2D eigenvalue weighted by molar-refractivity contribution is 0.0856. The summed E-state index contributed by atoms with van der Waals surface area (Å²) in [4.78, 5) is 0. The van der Waals surface area contributed by atoms with Crippen LogP contribution < -0.4 is 5.73 Å². The fourth-order valence-corrected chi connectivity index (χ4v) is 1.98. The fourth-order valence-electron chi connectivity index (χ4n) is 1.98. The van der Waals surface area contributed by atoms with Crippen LogP contribution in [-0.4, -0.2) is 17.5 Å². The number of nitrogens with two attached hydrogens (primary N) is 1. The molecule has 0 bridgehead atoms. The van der Waals surface area contributed by atoms with E-state index in [1.165, 1.54) is 0 Å². The number of aliphatic hydroxyl groups is 1. The summed E-state index contributed by atoms with van der Waals surface area (Å²) in [5.74, 6) is 0.0195. The number of nitrogens with one attached hydrogen (secondary N) is 1. The Kier molecular flexibility index (Phi) is 2.70. The minimum absolute atomic E-state index is 0.0195. The Morgan fingerprint density at radius 2 is 2.40 bits per heavy atom. The molecule has 1 atom stereocenters. The zero-order valence-corrected chi connectivity index (χ0v) is 8.36. The minimum atomic E-state index is -0.444. The molecule has 1 aromatic carbocycles. The first-order valence-corrected chi connectivity index (χ1v) is 4.91. The Labute approximate surface area is 88.2 Å². The second kappa shape index (κ2) is 4.00. The van der Waals surface area contributed by atoms with Crippen molar-refractivity contribution in [2.45, 2.75) is 19.1 Å². The van der Waals surface area contributed by atoms with Gasteiger partial charge < -0.3 is 15.6 Å². The number of benzene rings is 1. The number of fused-ring (bicyclic) bond motifs is 1. The third-order valence-electron chi connectivity index (χ3n) is 2.68. The standard InChI is InChI=1S/C11H14N2O2/c12-11(13)10-9-3-1-2-7(6-14)8(9)4-5-15-10/h1-3,10,14H,4-6H2,(H3,12,13). The smallest absolute Gasteiger partial charge is 0.139 e. The van der Waals surface area contributed by atoms with Gasteiger partial charge in [0.05, 0.1) is 13.2 Å². The molecule has 0 amide bonds. The molecular formula is C11H14N2O2. The molecule has 4 N–H and O–H groups in total. The maximum Gasteiger partial charge on any atom is 0.139 e. The number of ether oxygens (including phenoxy) is 1. The molecule has 2 rings (SSSR count). The average Bonchev–Trinajstić information content (AvgIpc) is 2.27. The number of amidine groups is 1. The van der Waals surface area contributed by atoms with E-state index in [1.54, 1.807) is 0 Å².